The number of fused-ring (bicyclic) bond motifs is 1. The molecule has 1 aromatic heterocycles. The molecule has 23 heavy (non-hydrogen) atoms. The molecule has 0 atom stereocenters. The highest BCUT2D eigenvalue weighted by Crippen LogP contribution is 2.30. The molecule has 0 fully saturated rings. The van der Waals surface area contributed by atoms with E-state index in [1.165, 1.54) is 6.92 Å². The number of carbonyl (C=O) groups is 2. The number of rotatable bonds is 4. The number of H-pyrrole nitrogens is 1. The van der Waals surface area contributed by atoms with E-state index in [0.717, 1.165) is 16.5 Å². The predicted octanol–water partition coefficient (Wildman–Crippen LogP) is 4.21. The number of hydrogen-bond donors (Lipinski definition) is 2. The van der Waals surface area contributed by atoms with Crippen molar-refractivity contribution in [3.05, 3.63) is 64.8 Å². The molecule has 4 nitrogen and oxygen atoms in total. The van der Waals surface area contributed by atoms with Crippen LogP contribution in [0.2, 0.25) is 5.02 Å². The van der Waals surface area contributed by atoms with E-state index in [0.29, 0.717) is 16.4 Å². The minimum Gasteiger partial charge on any atom is -0.350 e. The largest absolute Gasteiger partial charge is 0.350 e. The van der Waals surface area contributed by atoms with Crippen molar-refractivity contribution in [2.75, 3.05) is 5.32 Å². The van der Waals surface area contributed by atoms with E-state index < -0.39 is 0 Å². The first-order valence-electron chi connectivity index (χ1n) is 7.20. The minimum atomic E-state index is -0.227. The molecular formula is C18H15ClN2O2. The van der Waals surface area contributed by atoms with Gasteiger partial charge >= 0.3 is 0 Å². The molecule has 0 bridgehead atoms. The number of carbonyl (C=O) groups excluding carboxylic acids is 2. The van der Waals surface area contributed by atoms with Crippen LogP contribution in [0.3, 0.4) is 0 Å². The Bertz CT molecular complexity index is 885. The fraction of sp³-hybridized carbons (Fsp3) is 0.111. The molecule has 0 spiro atoms. The Morgan fingerprint density at radius 3 is 2.57 bits per heavy atom. The first kappa shape index (κ1) is 15.3. The van der Waals surface area contributed by atoms with Gasteiger partial charge in [0.25, 0.3) is 0 Å². The van der Waals surface area contributed by atoms with Crippen molar-refractivity contribution >= 4 is 39.9 Å². The van der Waals surface area contributed by atoms with E-state index in [2.05, 4.69) is 10.3 Å². The van der Waals surface area contributed by atoms with E-state index in [4.69, 9.17) is 11.6 Å². The highest BCUT2D eigenvalue weighted by molar-refractivity contribution is 6.31. The van der Waals surface area contributed by atoms with Crippen molar-refractivity contribution in [3.8, 4) is 0 Å². The van der Waals surface area contributed by atoms with Gasteiger partial charge in [0, 0.05) is 29.3 Å². The molecule has 0 aliphatic rings. The molecule has 0 radical (unpaired) electrons. The standard InChI is InChI=1S/C18H15ClN2O2/c1-11(22)20-17-14-8-7-13(19)10-15(14)21-18(17)16(23)9-12-5-3-2-4-6-12/h2-8,10,21H,9H2,1H3,(H,20,22). The van der Waals surface area contributed by atoms with E-state index in [1.54, 1.807) is 18.2 Å². The summed E-state index contributed by atoms with van der Waals surface area (Å²) >= 11 is 6.00. The monoisotopic (exact) mass is 326 g/mol. The second-order valence-electron chi connectivity index (χ2n) is 5.33. The van der Waals surface area contributed by atoms with Gasteiger partial charge in [-0.1, -0.05) is 41.9 Å². The quantitative estimate of drug-likeness (QED) is 0.706. The van der Waals surface area contributed by atoms with Crippen LogP contribution in [0.1, 0.15) is 23.0 Å². The van der Waals surface area contributed by atoms with Crippen LogP contribution >= 0.6 is 11.6 Å². The fourth-order valence-corrected chi connectivity index (χ4v) is 2.73. The SMILES string of the molecule is CC(=O)Nc1c(C(=O)Cc2ccccc2)[nH]c2cc(Cl)ccc12. The van der Waals surface area contributed by atoms with Gasteiger partial charge in [0.1, 0.15) is 5.69 Å². The van der Waals surface area contributed by atoms with Gasteiger partial charge in [0.05, 0.1) is 5.69 Å². The zero-order valence-electron chi connectivity index (χ0n) is 12.5. The maximum absolute atomic E-state index is 12.7. The first-order chi connectivity index (χ1) is 11.0. The van der Waals surface area contributed by atoms with Crippen LogP contribution in [-0.2, 0) is 11.2 Å². The molecule has 0 saturated heterocycles. The van der Waals surface area contributed by atoms with E-state index in [1.807, 2.05) is 30.3 Å². The van der Waals surface area contributed by atoms with Crippen molar-refractivity contribution in [1.82, 2.24) is 4.98 Å². The summed E-state index contributed by atoms with van der Waals surface area (Å²) in [5, 5.41) is 4.08. The number of amides is 1. The Labute approximate surface area is 138 Å². The Hall–Kier alpha value is -2.59. The number of ketones is 1. The third-order valence-electron chi connectivity index (χ3n) is 3.55. The van der Waals surface area contributed by atoms with Crippen molar-refractivity contribution < 1.29 is 9.59 Å². The van der Waals surface area contributed by atoms with E-state index >= 15 is 0 Å². The van der Waals surface area contributed by atoms with Gasteiger partial charge in [0.15, 0.2) is 5.78 Å². The topological polar surface area (TPSA) is 62.0 Å². The van der Waals surface area contributed by atoms with Gasteiger partial charge in [-0.2, -0.15) is 0 Å². The summed E-state index contributed by atoms with van der Waals surface area (Å²) in [7, 11) is 0. The Balaban J connectivity index is 2.04. The fourth-order valence-electron chi connectivity index (χ4n) is 2.55. The maximum atomic E-state index is 12.7. The Morgan fingerprint density at radius 2 is 1.87 bits per heavy atom. The average Bonchev–Trinajstić information content (AvgIpc) is 2.85. The van der Waals surface area contributed by atoms with Gasteiger partial charge < -0.3 is 10.3 Å². The van der Waals surface area contributed by atoms with Gasteiger partial charge in [-0.15, -0.1) is 0 Å². The molecule has 0 aliphatic carbocycles. The number of Topliss-reactive ketones (excluding diaryl/α,β-unsaturated/α-hetero) is 1. The van der Waals surface area contributed by atoms with Gasteiger partial charge in [-0.25, -0.2) is 0 Å². The molecule has 5 heteroatoms. The molecule has 0 saturated carbocycles. The maximum Gasteiger partial charge on any atom is 0.221 e. The van der Waals surface area contributed by atoms with Crippen molar-refractivity contribution in [1.29, 1.82) is 0 Å². The first-order valence-corrected chi connectivity index (χ1v) is 7.58. The predicted molar refractivity (Wildman–Crippen MR) is 92.1 cm³/mol. The molecule has 1 heterocycles. The smallest absolute Gasteiger partial charge is 0.221 e. The summed E-state index contributed by atoms with van der Waals surface area (Å²) in [4.78, 5) is 27.2. The summed E-state index contributed by atoms with van der Waals surface area (Å²) in [5.41, 5.74) is 2.53. The van der Waals surface area contributed by atoms with Crippen molar-refractivity contribution in [3.63, 3.8) is 0 Å². The second kappa shape index (κ2) is 6.26. The lowest BCUT2D eigenvalue weighted by atomic mass is 10.1. The molecule has 2 N–H and O–H groups in total. The van der Waals surface area contributed by atoms with Crippen LogP contribution in [0.5, 0.6) is 0 Å². The Kier molecular flexibility index (Phi) is 4.17. The summed E-state index contributed by atoms with van der Waals surface area (Å²) in [6, 6.07) is 14.7. The Morgan fingerprint density at radius 1 is 1.13 bits per heavy atom. The highest BCUT2D eigenvalue weighted by Gasteiger charge is 2.19. The third kappa shape index (κ3) is 3.27. The molecule has 0 aliphatic heterocycles. The van der Waals surface area contributed by atoms with Crippen LogP contribution in [-0.4, -0.2) is 16.7 Å². The average molecular weight is 327 g/mol. The number of aromatic nitrogens is 1. The summed E-state index contributed by atoms with van der Waals surface area (Å²) in [6.07, 6.45) is 0.258. The van der Waals surface area contributed by atoms with Gasteiger partial charge in [-0.05, 0) is 23.8 Å². The third-order valence-corrected chi connectivity index (χ3v) is 3.78. The van der Waals surface area contributed by atoms with Crippen LogP contribution in [0, 0.1) is 0 Å². The lowest BCUT2D eigenvalue weighted by Crippen LogP contribution is -2.11. The van der Waals surface area contributed by atoms with Gasteiger partial charge in [0.2, 0.25) is 5.91 Å². The number of hydrogen-bond acceptors (Lipinski definition) is 2. The molecular weight excluding hydrogens is 312 g/mol. The number of anilines is 1. The lowest BCUT2D eigenvalue weighted by molar-refractivity contribution is -0.114. The second-order valence-corrected chi connectivity index (χ2v) is 5.77. The number of benzene rings is 2. The van der Waals surface area contributed by atoms with E-state index in [9.17, 15) is 9.59 Å². The van der Waals surface area contributed by atoms with Crippen LogP contribution in [0.25, 0.3) is 10.9 Å². The van der Waals surface area contributed by atoms with Crippen molar-refractivity contribution in [2.24, 2.45) is 0 Å². The summed E-state index contributed by atoms with van der Waals surface area (Å²) in [5.74, 6) is -0.318. The lowest BCUT2D eigenvalue weighted by Gasteiger charge is -2.05. The number of aromatic amines is 1. The highest BCUT2D eigenvalue weighted by atomic mass is 35.5. The summed E-state index contributed by atoms with van der Waals surface area (Å²) < 4.78 is 0. The van der Waals surface area contributed by atoms with E-state index in [-0.39, 0.29) is 18.1 Å². The molecule has 0 unspecified atom stereocenters. The zero-order chi connectivity index (χ0) is 16.4. The van der Waals surface area contributed by atoms with Crippen LogP contribution in [0.15, 0.2) is 48.5 Å². The normalized spacial score (nSPS) is 10.7. The minimum absolute atomic E-state index is 0.0905. The number of halogens is 1. The zero-order valence-corrected chi connectivity index (χ0v) is 13.3. The van der Waals surface area contributed by atoms with Gasteiger partial charge in [-0.3, -0.25) is 9.59 Å². The molecule has 2 aromatic carbocycles. The van der Waals surface area contributed by atoms with Crippen LogP contribution < -0.4 is 5.32 Å². The van der Waals surface area contributed by atoms with Crippen LogP contribution in [0.4, 0.5) is 5.69 Å². The molecule has 1 amide bonds. The van der Waals surface area contributed by atoms with Crippen molar-refractivity contribution in [2.45, 2.75) is 13.3 Å². The molecule has 116 valence electrons. The number of nitrogens with one attached hydrogen (secondary N) is 2. The molecule has 3 rings (SSSR count). The summed E-state index contributed by atoms with van der Waals surface area (Å²) in [6.45, 7) is 1.42. The molecule has 3 aromatic rings.